The summed E-state index contributed by atoms with van der Waals surface area (Å²) in [5, 5.41) is 5.56. The Morgan fingerprint density at radius 2 is 1.75 bits per heavy atom. The summed E-state index contributed by atoms with van der Waals surface area (Å²) in [5.74, 6) is 1.10. The molecule has 0 saturated carbocycles. The summed E-state index contributed by atoms with van der Waals surface area (Å²) in [6, 6.07) is 9.30. The van der Waals surface area contributed by atoms with Gasteiger partial charge in [-0.15, -0.1) is 0 Å². The number of benzene rings is 2. The smallest absolute Gasteiger partial charge is 0.206 e. The Balaban J connectivity index is 1.87. The fraction of sp³-hybridized carbons (Fsp3) is 0.474. The van der Waals surface area contributed by atoms with Gasteiger partial charge in [-0.05, 0) is 54.4 Å². The lowest BCUT2D eigenvalue weighted by atomic mass is 10.0. The molecule has 0 aromatic heterocycles. The maximum atomic E-state index is 6.60. The maximum Gasteiger partial charge on any atom is 0.206 e. The first-order valence-corrected chi connectivity index (χ1v) is 14.8. The van der Waals surface area contributed by atoms with Gasteiger partial charge in [-0.2, -0.15) is 0 Å². The highest BCUT2D eigenvalue weighted by atomic mass is 28.4. The number of ether oxygens (including phenoxy) is 1. The normalized spacial score (nSPS) is 21.4. The number of nitrogens with zero attached hydrogens (tertiary/aromatic N) is 1. The van der Waals surface area contributed by atoms with Crippen LogP contribution in [0.5, 0.6) is 5.75 Å². The van der Waals surface area contributed by atoms with Gasteiger partial charge in [0.15, 0.2) is 0 Å². The minimum atomic E-state index is -1.79. The summed E-state index contributed by atoms with van der Waals surface area (Å²) < 4.78 is 12.8. The minimum Gasteiger partial charge on any atom is -0.477 e. The second kappa shape index (κ2) is 5.43. The zero-order valence-electron chi connectivity index (χ0n) is 15.4. The van der Waals surface area contributed by atoms with E-state index in [-0.39, 0.29) is 0 Å². The molecule has 4 rings (SSSR count). The summed E-state index contributed by atoms with van der Waals surface area (Å²) in [6.07, 6.45) is 1.16. The molecule has 3 nitrogen and oxygen atoms in total. The van der Waals surface area contributed by atoms with Crippen LogP contribution in [0.3, 0.4) is 0 Å². The molecular formula is C19H27NO2Si2. The summed E-state index contributed by atoms with van der Waals surface area (Å²) in [5.41, 5.74) is 1.32. The van der Waals surface area contributed by atoms with E-state index in [4.69, 9.17) is 8.85 Å². The van der Waals surface area contributed by atoms with Crippen molar-refractivity contribution in [2.45, 2.75) is 46.1 Å². The van der Waals surface area contributed by atoms with Gasteiger partial charge >= 0.3 is 0 Å². The fourth-order valence-corrected chi connectivity index (χ4v) is 14.6. The van der Waals surface area contributed by atoms with Crippen LogP contribution >= 0.6 is 0 Å². The summed E-state index contributed by atoms with van der Waals surface area (Å²) in [6.45, 7) is 14.3. The number of hydrogen-bond donors (Lipinski definition) is 0. The molecule has 24 heavy (non-hydrogen) atoms. The van der Waals surface area contributed by atoms with Crippen LogP contribution in [-0.4, -0.2) is 34.8 Å². The first kappa shape index (κ1) is 16.3. The van der Waals surface area contributed by atoms with Gasteiger partial charge in [0.2, 0.25) is 16.6 Å². The Labute approximate surface area is 146 Å². The molecule has 0 fully saturated rings. The van der Waals surface area contributed by atoms with E-state index in [2.05, 4.69) is 62.3 Å². The highest BCUT2D eigenvalue weighted by Crippen LogP contribution is 2.35. The predicted octanol–water partition coefficient (Wildman–Crippen LogP) is 3.26. The van der Waals surface area contributed by atoms with Crippen molar-refractivity contribution in [3.8, 4) is 5.75 Å². The van der Waals surface area contributed by atoms with E-state index in [1.165, 1.54) is 26.7 Å². The van der Waals surface area contributed by atoms with Gasteiger partial charge in [0, 0.05) is 24.0 Å². The van der Waals surface area contributed by atoms with Crippen molar-refractivity contribution in [2.75, 3.05) is 13.3 Å². The van der Waals surface area contributed by atoms with Crippen LogP contribution in [0.1, 0.15) is 18.9 Å². The van der Waals surface area contributed by atoms with Crippen LogP contribution in [-0.2, 0) is 10.7 Å². The van der Waals surface area contributed by atoms with Gasteiger partial charge in [-0.1, -0.05) is 25.1 Å². The monoisotopic (exact) mass is 357 g/mol. The van der Waals surface area contributed by atoms with Crippen LogP contribution in [0.2, 0.25) is 26.2 Å². The van der Waals surface area contributed by atoms with E-state index in [0.29, 0.717) is 6.73 Å². The molecule has 2 heterocycles. The van der Waals surface area contributed by atoms with Crippen molar-refractivity contribution in [1.29, 1.82) is 0 Å². The lowest BCUT2D eigenvalue weighted by Gasteiger charge is -2.29. The molecule has 0 saturated heterocycles. The molecule has 128 valence electrons. The fourth-order valence-electron chi connectivity index (χ4n) is 4.33. The third-order valence-electron chi connectivity index (χ3n) is 5.32. The second-order valence-electron chi connectivity index (χ2n) is 8.12. The minimum absolute atomic E-state index is 0.703. The highest BCUT2D eigenvalue weighted by Gasteiger charge is 2.46. The van der Waals surface area contributed by atoms with E-state index < -0.39 is 16.6 Å². The molecule has 0 N–H and O–H groups in total. The molecule has 0 radical (unpaired) electrons. The quantitative estimate of drug-likeness (QED) is 0.770. The summed E-state index contributed by atoms with van der Waals surface area (Å²) >= 11 is 0. The van der Waals surface area contributed by atoms with Crippen LogP contribution in [0.15, 0.2) is 24.3 Å². The Morgan fingerprint density at radius 1 is 1.04 bits per heavy atom. The van der Waals surface area contributed by atoms with E-state index in [1.807, 2.05) is 0 Å². The first-order valence-electron chi connectivity index (χ1n) is 8.98. The van der Waals surface area contributed by atoms with Crippen LogP contribution < -0.4 is 15.1 Å². The van der Waals surface area contributed by atoms with Gasteiger partial charge in [0.1, 0.15) is 12.5 Å². The highest BCUT2D eigenvalue weighted by molar-refractivity contribution is 7.06. The molecule has 2 aliphatic heterocycles. The van der Waals surface area contributed by atoms with E-state index >= 15 is 0 Å². The lowest BCUT2D eigenvalue weighted by Crippen LogP contribution is -2.44. The Bertz CT molecular complexity index is 817. The predicted molar refractivity (Wildman–Crippen MR) is 105 cm³/mol. The molecule has 2 aromatic rings. The average Bonchev–Trinajstić information content (AvgIpc) is 2.70. The third-order valence-corrected chi connectivity index (χ3v) is 13.1. The molecule has 0 unspecified atom stereocenters. The van der Waals surface area contributed by atoms with Crippen molar-refractivity contribution in [2.24, 2.45) is 0 Å². The van der Waals surface area contributed by atoms with Crippen molar-refractivity contribution in [3.63, 3.8) is 0 Å². The Morgan fingerprint density at radius 3 is 2.46 bits per heavy atom. The SMILES string of the molecule is CCCN1COc2c(ccc3cc4c(cc23)[Si](C)(C)O[Si]4(C)C)C1. The average molecular weight is 358 g/mol. The molecular weight excluding hydrogens is 330 g/mol. The standard InChI is InChI=1S/C19H27NO2Si2/c1-6-9-20-12-15-8-7-14-10-17-18(11-16(14)19(15)21-13-20)24(4,5)22-23(17,2)3/h7-8,10-11H,6,9,12-13H2,1-5H3. The second-order valence-corrected chi connectivity index (χ2v) is 16.1. The van der Waals surface area contributed by atoms with Gasteiger partial charge in [-0.3, -0.25) is 4.90 Å². The molecule has 2 aliphatic rings. The third kappa shape index (κ3) is 2.46. The zero-order chi connectivity index (χ0) is 17.1. The Hall–Kier alpha value is -1.15. The maximum absolute atomic E-state index is 6.60. The molecule has 5 heteroatoms. The van der Waals surface area contributed by atoms with Crippen molar-refractivity contribution >= 4 is 37.8 Å². The molecule has 0 atom stereocenters. The van der Waals surface area contributed by atoms with Crippen LogP contribution in [0, 0.1) is 0 Å². The van der Waals surface area contributed by atoms with Gasteiger partial charge in [0.25, 0.3) is 0 Å². The van der Waals surface area contributed by atoms with Gasteiger partial charge in [-0.25, -0.2) is 0 Å². The molecule has 2 aromatic carbocycles. The van der Waals surface area contributed by atoms with E-state index in [1.54, 1.807) is 0 Å². The largest absolute Gasteiger partial charge is 0.477 e. The van der Waals surface area contributed by atoms with Crippen molar-refractivity contribution in [1.82, 2.24) is 4.90 Å². The molecule has 0 bridgehead atoms. The molecule has 0 amide bonds. The topological polar surface area (TPSA) is 21.7 Å². The number of rotatable bonds is 2. The molecule has 0 aliphatic carbocycles. The lowest BCUT2D eigenvalue weighted by molar-refractivity contribution is 0.0972. The van der Waals surface area contributed by atoms with Crippen molar-refractivity contribution in [3.05, 3.63) is 29.8 Å². The van der Waals surface area contributed by atoms with Gasteiger partial charge < -0.3 is 8.85 Å². The van der Waals surface area contributed by atoms with Crippen LogP contribution in [0.4, 0.5) is 0 Å². The molecule has 0 spiro atoms. The van der Waals surface area contributed by atoms with E-state index in [9.17, 15) is 0 Å². The Kier molecular flexibility index (Phi) is 3.69. The summed E-state index contributed by atoms with van der Waals surface area (Å²) in [7, 11) is -3.55. The van der Waals surface area contributed by atoms with E-state index in [0.717, 1.165) is 25.3 Å². The van der Waals surface area contributed by atoms with Gasteiger partial charge in [0.05, 0.1) is 0 Å². The number of hydrogen-bond acceptors (Lipinski definition) is 3. The summed E-state index contributed by atoms with van der Waals surface area (Å²) in [4.78, 5) is 2.37. The van der Waals surface area contributed by atoms with Crippen molar-refractivity contribution < 1.29 is 8.85 Å². The first-order chi connectivity index (χ1) is 11.3. The number of fused-ring (bicyclic) bond motifs is 4. The van der Waals surface area contributed by atoms with Crippen LogP contribution in [0.25, 0.3) is 10.8 Å². The zero-order valence-corrected chi connectivity index (χ0v) is 17.4.